The smallest absolute Gasteiger partial charge is 0.162 e. The van der Waals surface area contributed by atoms with Crippen LogP contribution in [0.25, 0.3) is 64.1 Å². The van der Waals surface area contributed by atoms with Crippen LogP contribution in [0.3, 0.4) is 0 Å². The summed E-state index contributed by atoms with van der Waals surface area (Å²) in [6.07, 6.45) is 7.87. The van der Waals surface area contributed by atoms with Crippen molar-refractivity contribution in [3.8, 4) is 11.3 Å². The van der Waals surface area contributed by atoms with E-state index in [4.69, 9.17) is 9.40 Å². The quantitative estimate of drug-likeness (QED) is 0.0891. The van der Waals surface area contributed by atoms with Gasteiger partial charge in [0, 0.05) is 70.1 Å². The zero-order valence-electron chi connectivity index (χ0n) is 30.7. The van der Waals surface area contributed by atoms with Crippen LogP contribution in [-0.4, -0.2) is 15.9 Å². The molecule has 4 nitrogen and oxygen atoms in total. The van der Waals surface area contributed by atoms with Gasteiger partial charge in [-0.25, -0.2) is 0 Å². The Balaban J connectivity index is 0.000000271. The Morgan fingerprint density at radius 3 is 2.14 bits per heavy atom. The molecule has 4 aromatic carbocycles. The van der Waals surface area contributed by atoms with Gasteiger partial charge in [-0.2, -0.15) is 0 Å². The third kappa shape index (κ3) is 7.84. The number of allylic oxidation sites excluding steroid dienone is 2. The fourth-order valence-corrected chi connectivity index (χ4v) is 8.41. The Labute approximate surface area is 319 Å². The Kier molecular flexibility index (Phi) is 12.2. The molecule has 0 amide bonds. The summed E-state index contributed by atoms with van der Waals surface area (Å²) in [5.74, 6) is 0.547. The number of pyridine rings is 1. The monoisotopic (exact) mass is 875 g/mol. The van der Waals surface area contributed by atoms with Crippen molar-refractivity contribution in [2.45, 2.75) is 80.6 Å². The van der Waals surface area contributed by atoms with Crippen molar-refractivity contribution < 1.29 is 34.4 Å². The number of furan rings is 1. The van der Waals surface area contributed by atoms with E-state index in [0.717, 1.165) is 76.1 Å². The summed E-state index contributed by atoms with van der Waals surface area (Å²) < 4.78 is 9.04. The molecule has 1 radical (unpaired) electrons. The van der Waals surface area contributed by atoms with Crippen LogP contribution in [0.5, 0.6) is 0 Å². The van der Waals surface area contributed by atoms with Crippen molar-refractivity contribution in [2.75, 3.05) is 0 Å². The van der Waals surface area contributed by atoms with Gasteiger partial charge in [0.15, 0.2) is 5.78 Å². The normalized spacial score (nSPS) is 12.3. The molecule has 1 N–H and O–H groups in total. The van der Waals surface area contributed by atoms with E-state index >= 15 is 0 Å². The Hall–Kier alpha value is -3.83. The van der Waals surface area contributed by atoms with Crippen LogP contribution in [0.1, 0.15) is 79.7 Å². The average molecular weight is 875 g/mol. The van der Waals surface area contributed by atoms with Crippen LogP contribution in [0.2, 0.25) is 0 Å². The van der Waals surface area contributed by atoms with Crippen molar-refractivity contribution in [3.05, 3.63) is 102 Å². The molecule has 0 spiro atoms. The summed E-state index contributed by atoms with van der Waals surface area (Å²) >= 11 is 1.85. The van der Waals surface area contributed by atoms with Crippen LogP contribution in [0.4, 0.5) is 0 Å². The molecule has 267 valence electrons. The fourth-order valence-electron chi connectivity index (χ4n) is 7.11. The molecule has 0 aliphatic rings. The van der Waals surface area contributed by atoms with E-state index in [9.17, 15) is 9.90 Å². The molecule has 0 atom stereocenters. The van der Waals surface area contributed by atoms with E-state index < -0.39 is 0 Å². The summed E-state index contributed by atoms with van der Waals surface area (Å²) in [7, 11) is 0. The fraction of sp³-hybridized carbons (Fsp3) is 0.333. The second-order valence-electron chi connectivity index (χ2n) is 14.5. The topological polar surface area (TPSA) is 63.3 Å². The summed E-state index contributed by atoms with van der Waals surface area (Å²) in [4.78, 5) is 16.6. The third-order valence-corrected chi connectivity index (χ3v) is 11.1. The number of benzene rings is 4. The van der Waals surface area contributed by atoms with Crippen molar-refractivity contribution in [2.24, 2.45) is 17.3 Å². The maximum absolute atomic E-state index is 11.7. The SMILES string of the molecule is CC(C)(C)Cc1cccc2c1sc1c(-c3[c-]c4ccccc4c4c3oc3ccccc34)nccc12.CCC(CC)C(=O)/C=C(\O)C(CC)CC.[Ir]. The molecule has 0 saturated heterocycles. The number of hydrogen-bond acceptors (Lipinski definition) is 5. The van der Waals surface area contributed by atoms with Gasteiger partial charge in [0.05, 0.1) is 11.3 Å². The number of para-hydroxylation sites is 1. The predicted molar refractivity (Wildman–Crippen MR) is 213 cm³/mol. The third-order valence-electron chi connectivity index (χ3n) is 9.81. The number of carbonyl (C=O) groups excluding carboxylic acids is 1. The molecule has 0 aliphatic carbocycles. The molecule has 0 fully saturated rings. The zero-order chi connectivity index (χ0) is 35.6. The molecule has 7 rings (SSSR count). The van der Waals surface area contributed by atoms with E-state index in [1.54, 1.807) is 0 Å². The molecule has 3 aromatic heterocycles. The molecule has 3 heterocycles. The Morgan fingerprint density at radius 1 is 0.824 bits per heavy atom. The molecule has 0 saturated carbocycles. The zero-order valence-corrected chi connectivity index (χ0v) is 33.9. The minimum atomic E-state index is 0. The van der Waals surface area contributed by atoms with Gasteiger partial charge in [-0.05, 0) is 66.0 Å². The number of fused-ring (bicyclic) bond motifs is 8. The number of nitrogens with zero attached hydrogens (tertiary/aromatic N) is 1. The molecule has 6 heteroatoms. The first-order valence-electron chi connectivity index (χ1n) is 18.1. The van der Waals surface area contributed by atoms with Crippen molar-refractivity contribution in [3.63, 3.8) is 0 Å². The largest absolute Gasteiger partial charge is 0.512 e. The van der Waals surface area contributed by atoms with Crippen LogP contribution in [0.15, 0.2) is 95.2 Å². The number of carbonyl (C=O) groups is 1. The van der Waals surface area contributed by atoms with Gasteiger partial charge in [0.1, 0.15) is 5.58 Å². The van der Waals surface area contributed by atoms with Gasteiger partial charge in [-0.3, -0.25) is 9.78 Å². The van der Waals surface area contributed by atoms with E-state index in [1.807, 2.05) is 57.4 Å². The molecule has 0 bridgehead atoms. The first-order valence-corrected chi connectivity index (χ1v) is 18.9. The van der Waals surface area contributed by atoms with Crippen LogP contribution in [0, 0.1) is 23.3 Å². The van der Waals surface area contributed by atoms with Crippen molar-refractivity contribution >= 4 is 70.0 Å². The number of aromatic nitrogens is 1. The van der Waals surface area contributed by atoms with E-state index in [1.165, 1.54) is 31.8 Å². The van der Waals surface area contributed by atoms with Gasteiger partial charge in [-0.15, -0.1) is 28.9 Å². The molecule has 7 aromatic rings. The Morgan fingerprint density at radius 2 is 1.45 bits per heavy atom. The van der Waals surface area contributed by atoms with E-state index in [0.29, 0.717) is 0 Å². The van der Waals surface area contributed by atoms with Gasteiger partial charge < -0.3 is 9.52 Å². The summed E-state index contributed by atoms with van der Waals surface area (Å²) in [6.45, 7) is 15.0. The minimum Gasteiger partial charge on any atom is -0.512 e. The molecule has 0 aliphatic heterocycles. The second kappa shape index (κ2) is 16.2. The second-order valence-corrected chi connectivity index (χ2v) is 15.5. The molecular weight excluding hydrogens is 827 g/mol. The summed E-state index contributed by atoms with van der Waals surface area (Å²) in [5, 5.41) is 16.8. The van der Waals surface area contributed by atoms with Gasteiger partial charge in [-0.1, -0.05) is 114 Å². The van der Waals surface area contributed by atoms with Gasteiger partial charge >= 0.3 is 0 Å². The van der Waals surface area contributed by atoms with Crippen molar-refractivity contribution in [1.82, 2.24) is 4.98 Å². The maximum atomic E-state index is 11.7. The molecular formula is C45H48IrNO3S-. The minimum absolute atomic E-state index is 0. The number of ketones is 1. The number of hydrogen-bond donors (Lipinski definition) is 1. The standard InChI is InChI=1S/C32H24NOS.C13H24O2.Ir/c1-32(2,3)18-20-10-8-13-22-23-15-16-33-28(31(23)35-30(20)22)25-17-19-9-4-5-11-21(19)27-24-12-6-7-14-26(24)34-29(25)27;1-5-10(6-2)12(14)9-13(15)11(7-3)8-4;/h4-16H,18H2,1-3H3;9-11,14H,5-8H2,1-4H3;/q-1;;/b;12-9-;. The van der Waals surface area contributed by atoms with Crippen LogP contribution >= 0.6 is 11.3 Å². The maximum Gasteiger partial charge on any atom is 0.162 e. The molecule has 51 heavy (non-hydrogen) atoms. The van der Waals surface area contributed by atoms with Gasteiger partial charge in [0.25, 0.3) is 0 Å². The first kappa shape index (κ1) is 38.4. The predicted octanol–water partition coefficient (Wildman–Crippen LogP) is 13.4. The van der Waals surface area contributed by atoms with Crippen molar-refractivity contribution in [1.29, 1.82) is 0 Å². The number of aliphatic hydroxyl groups is 1. The summed E-state index contributed by atoms with van der Waals surface area (Å²) in [6, 6.07) is 29.3. The number of aliphatic hydroxyl groups excluding tert-OH is 1. The average Bonchev–Trinajstić information content (AvgIpc) is 3.69. The molecule has 0 unspecified atom stereocenters. The van der Waals surface area contributed by atoms with E-state index in [2.05, 4.69) is 87.5 Å². The van der Waals surface area contributed by atoms with Crippen LogP contribution in [-0.2, 0) is 31.3 Å². The van der Waals surface area contributed by atoms with Crippen LogP contribution < -0.4 is 0 Å². The number of rotatable bonds is 9. The number of thiophene rings is 1. The Bertz CT molecular complexity index is 2330. The summed E-state index contributed by atoms with van der Waals surface area (Å²) in [5.41, 5.74) is 5.25. The van der Waals surface area contributed by atoms with Gasteiger partial charge in [0.2, 0.25) is 0 Å². The van der Waals surface area contributed by atoms with E-state index in [-0.39, 0.29) is 48.9 Å². The first-order chi connectivity index (χ1) is 24.1.